The highest BCUT2D eigenvalue weighted by atomic mass is 16.6. The molecule has 0 radical (unpaired) electrons. The molecule has 0 saturated heterocycles. The van der Waals surface area contributed by atoms with Crippen LogP contribution in [0.5, 0.6) is 0 Å². The highest BCUT2D eigenvalue weighted by Crippen LogP contribution is 2.19. The zero-order valence-corrected chi connectivity index (χ0v) is 18.1. The summed E-state index contributed by atoms with van der Waals surface area (Å²) >= 11 is 0. The number of imidazole rings is 1. The molecule has 14 heteroatoms. The van der Waals surface area contributed by atoms with Crippen molar-refractivity contribution in [1.82, 2.24) is 24.8 Å². The Labute approximate surface area is 184 Å². The maximum Gasteiger partial charge on any atom is 0.407 e. The lowest BCUT2D eigenvalue weighted by molar-refractivity contribution is -0.139. The first-order valence-electron chi connectivity index (χ1n) is 9.92. The van der Waals surface area contributed by atoms with Crippen LogP contribution >= 0.6 is 0 Å². The first kappa shape index (κ1) is 24.6. The van der Waals surface area contributed by atoms with Crippen LogP contribution in [0.15, 0.2) is 17.6 Å². The SMILES string of the molecule is CN(C)c1ncnc2c1ncn2CCOCCOC(=O)NC(CCCN=C(N)N)C(=O)O. The number of aliphatic carboxylic acids is 1. The first-order chi connectivity index (χ1) is 15.3. The zero-order valence-electron chi connectivity index (χ0n) is 18.1. The van der Waals surface area contributed by atoms with Gasteiger partial charge in [-0.1, -0.05) is 0 Å². The molecular weight excluding hydrogens is 422 g/mol. The van der Waals surface area contributed by atoms with Gasteiger partial charge in [-0.2, -0.15) is 0 Å². The topological polar surface area (TPSA) is 196 Å². The maximum atomic E-state index is 11.8. The molecule has 6 N–H and O–H groups in total. The number of ether oxygens (including phenoxy) is 2. The van der Waals surface area contributed by atoms with E-state index in [0.717, 1.165) is 5.82 Å². The Morgan fingerprint density at radius 2 is 2.03 bits per heavy atom. The van der Waals surface area contributed by atoms with Gasteiger partial charge in [0.1, 0.15) is 19.0 Å². The largest absolute Gasteiger partial charge is 0.480 e. The van der Waals surface area contributed by atoms with Crippen molar-refractivity contribution in [2.75, 3.05) is 45.4 Å². The Hall–Kier alpha value is -3.68. The second-order valence-electron chi connectivity index (χ2n) is 6.93. The number of hydrogen-bond donors (Lipinski definition) is 4. The van der Waals surface area contributed by atoms with Crippen LogP contribution in [0.25, 0.3) is 11.2 Å². The fourth-order valence-electron chi connectivity index (χ4n) is 2.76. The zero-order chi connectivity index (χ0) is 23.5. The molecule has 14 nitrogen and oxygen atoms in total. The number of carbonyl (C=O) groups excluding carboxylic acids is 1. The lowest BCUT2D eigenvalue weighted by Gasteiger charge is -2.14. The number of hydrogen-bond acceptors (Lipinski definition) is 9. The van der Waals surface area contributed by atoms with Gasteiger partial charge in [0.15, 0.2) is 22.9 Å². The third-order valence-electron chi connectivity index (χ3n) is 4.28. The highest BCUT2D eigenvalue weighted by molar-refractivity contribution is 5.83. The Bertz CT molecular complexity index is 927. The minimum absolute atomic E-state index is 0.0240. The molecule has 0 bridgehead atoms. The van der Waals surface area contributed by atoms with Gasteiger partial charge >= 0.3 is 12.1 Å². The molecule has 2 aromatic heterocycles. The van der Waals surface area contributed by atoms with Crippen LogP contribution in [-0.4, -0.2) is 89.2 Å². The van der Waals surface area contributed by atoms with E-state index in [0.29, 0.717) is 30.7 Å². The third-order valence-corrected chi connectivity index (χ3v) is 4.28. The van der Waals surface area contributed by atoms with Crippen LogP contribution in [-0.2, 0) is 20.8 Å². The van der Waals surface area contributed by atoms with Crippen LogP contribution in [0.1, 0.15) is 12.8 Å². The van der Waals surface area contributed by atoms with Crippen LogP contribution in [0.4, 0.5) is 10.6 Å². The summed E-state index contributed by atoms with van der Waals surface area (Å²) in [5.74, 6) is -0.515. The number of aromatic nitrogens is 4. The van der Waals surface area contributed by atoms with E-state index >= 15 is 0 Å². The summed E-state index contributed by atoms with van der Waals surface area (Å²) in [6.45, 7) is 1.25. The fraction of sp³-hybridized carbons (Fsp3) is 0.556. The monoisotopic (exact) mass is 451 g/mol. The van der Waals surface area contributed by atoms with Gasteiger partial charge in [-0.25, -0.2) is 24.5 Å². The van der Waals surface area contributed by atoms with E-state index in [4.69, 9.17) is 20.9 Å². The molecule has 0 aliphatic carbocycles. The molecule has 0 spiro atoms. The van der Waals surface area contributed by atoms with Gasteiger partial charge in [0.25, 0.3) is 0 Å². The molecule has 0 aliphatic rings. The second-order valence-corrected chi connectivity index (χ2v) is 6.93. The van der Waals surface area contributed by atoms with Crippen molar-refractivity contribution in [1.29, 1.82) is 0 Å². The molecule has 32 heavy (non-hydrogen) atoms. The molecule has 2 aromatic rings. The van der Waals surface area contributed by atoms with Crippen molar-refractivity contribution in [3.63, 3.8) is 0 Å². The standard InChI is InChI=1S/C18H29N9O5/c1-26(2)14-13-15(23-10-22-14)27(11-24-13)6-7-31-8-9-32-18(30)25-12(16(28)29)4-3-5-21-17(19)20/h10-12H,3-9H2,1-2H3,(H,25,30)(H,28,29)(H4,19,20,21). The lowest BCUT2D eigenvalue weighted by Crippen LogP contribution is -2.41. The number of carboxylic acids is 1. The number of carbonyl (C=O) groups is 2. The number of nitrogens with zero attached hydrogens (tertiary/aromatic N) is 6. The maximum absolute atomic E-state index is 11.8. The molecular formula is C18H29N9O5. The summed E-state index contributed by atoms with van der Waals surface area (Å²) < 4.78 is 12.3. The summed E-state index contributed by atoms with van der Waals surface area (Å²) in [6, 6.07) is -1.10. The van der Waals surface area contributed by atoms with E-state index in [1.165, 1.54) is 6.33 Å². The molecule has 0 aromatic carbocycles. The van der Waals surface area contributed by atoms with E-state index in [1.54, 1.807) is 6.33 Å². The van der Waals surface area contributed by atoms with Gasteiger partial charge in [0.2, 0.25) is 0 Å². The number of guanidine groups is 1. The molecule has 0 aliphatic heterocycles. The Balaban J connectivity index is 1.67. The van der Waals surface area contributed by atoms with Crippen molar-refractivity contribution < 1.29 is 24.2 Å². The third kappa shape index (κ3) is 7.54. The van der Waals surface area contributed by atoms with Crippen molar-refractivity contribution in [3.8, 4) is 0 Å². The molecule has 1 atom stereocenters. The van der Waals surface area contributed by atoms with Crippen LogP contribution in [0.3, 0.4) is 0 Å². The average Bonchev–Trinajstić information content (AvgIpc) is 3.15. The molecule has 176 valence electrons. The van der Waals surface area contributed by atoms with Gasteiger partial charge in [-0.3, -0.25) is 4.99 Å². The Morgan fingerprint density at radius 1 is 1.25 bits per heavy atom. The Kier molecular flexibility index (Phi) is 9.41. The first-order valence-corrected chi connectivity index (χ1v) is 9.92. The number of fused-ring (bicyclic) bond motifs is 1. The number of aliphatic imine (C=N–C) groups is 1. The van der Waals surface area contributed by atoms with Crippen LogP contribution in [0.2, 0.25) is 0 Å². The molecule has 2 rings (SSSR count). The smallest absolute Gasteiger partial charge is 0.407 e. The summed E-state index contributed by atoms with van der Waals surface area (Å²) in [6.07, 6.45) is 2.86. The average molecular weight is 451 g/mol. The van der Waals surface area contributed by atoms with E-state index in [-0.39, 0.29) is 32.1 Å². The predicted molar refractivity (Wildman–Crippen MR) is 116 cm³/mol. The van der Waals surface area contributed by atoms with Crippen LogP contribution < -0.4 is 21.7 Å². The number of anilines is 1. The molecule has 1 amide bonds. The van der Waals surface area contributed by atoms with Gasteiger partial charge in [0.05, 0.1) is 19.5 Å². The summed E-state index contributed by atoms with van der Waals surface area (Å²) in [7, 11) is 3.76. The number of amides is 1. The quantitative estimate of drug-likeness (QED) is 0.168. The summed E-state index contributed by atoms with van der Waals surface area (Å²) in [4.78, 5) is 41.5. The second kappa shape index (κ2) is 12.2. The Morgan fingerprint density at radius 3 is 2.72 bits per heavy atom. The number of alkyl carbamates (subject to hydrolysis) is 1. The fourth-order valence-corrected chi connectivity index (χ4v) is 2.76. The van der Waals surface area contributed by atoms with Crippen molar-refractivity contribution in [2.45, 2.75) is 25.4 Å². The van der Waals surface area contributed by atoms with Gasteiger partial charge < -0.3 is 40.8 Å². The molecule has 0 fully saturated rings. The van der Waals surface area contributed by atoms with E-state index in [9.17, 15) is 14.7 Å². The van der Waals surface area contributed by atoms with E-state index < -0.39 is 18.1 Å². The highest BCUT2D eigenvalue weighted by Gasteiger charge is 2.20. The molecule has 0 saturated carbocycles. The lowest BCUT2D eigenvalue weighted by atomic mass is 10.1. The van der Waals surface area contributed by atoms with Crippen LogP contribution in [0, 0.1) is 0 Å². The van der Waals surface area contributed by atoms with Crippen molar-refractivity contribution in [2.24, 2.45) is 16.5 Å². The number of nitrogens with one attached hydrogen (secondary N) is 1. The predicted octanol–water partition coefficient (Wildman–Crippen LogP) is -0.858. The minimum Gasteiger partial charge on any atom is -0.480 e. The van der Waals surface area contributed by atoms with Gasteiger partial charge in [-0.15, -0.1) is 0 Å². The molecule has 1 unspecified atom stereocenters. The normalized spacial score (nSPS) is 11.7. The van der Waals surface area contributed by atoms with Crippen molar-refractivity contribution in [3.05, 3.63) is 12.7 Å². The van der Waals surface area contributed by atoms with Crippen molar-refractivity contribution >= 4 is 35.0 Å². The number of carboxylic acid groups (broad SMARTS) is 1. The summed E-state index contributed by atoms with van der Waals surface area (Å²) in [5, 5.41) is 11.5. The number of nitrogens with two attached hydrogens (primary N) is 2. The molecule has 2 heterocycles. The summed E-state index contributed by atoms with van der Waals surface area (Å²) in [5.41, 5.74) is 11.8. The van der Waals surface area contributed by atoms with E-state index in [2.05, 4.69) is 25.3 Å². The van der Waals surface area contributed by atoms with E-state index in [1.807, 2.05) is 23.6 Å². The van der Waals surface area contributed by atoms with Gasteiger partial charge in [0, 0.05) is 27.2 Å². The number of rotatable bonds is 13. The minimum atomic E-state index is -1.17. The van der Waals surface area contributed by atoms with Gasteiger partial charge in [-0.05, 0) is 12.8 Å².